The molecular weight excluding hydrogens is 256 g/mol. The molecule has 0 aliphatic carbocycles. The van der Waals surface area contributed by atoms with Crippen molar-refractivity contribution >= 4 is 35.6 Å². The van der Waals surface area contributed by atoms with Gasteiger partial charge in [0.15, 0.2) is 0 Å². The number of hydrogen-bond donors (Lipinski definition) is 0. The Morgan fingerprint density at radius 1 is 1.18 bits per heavy atom. The van der Waals surface area contributed by atoms with Gasteiger partial charge in [-0.2, -0.15) is 0 Å². The van der Waals surface area contributed by atoms with Crippen molar-refractivity contribution < 1.29 is 18.3 Å². The third-order valence-electron chi connectivity index (χ3n) is 1.27. The van der Waals surface area contributed by atoms with E-state index < -0.39 is 0 Å². The van der Waals surface area contributed by atoms with Crippen LogP contribution in [0.4, 0.5) is 0 Å². The quantitative estimate of drug-likeness (QED) is 0.680. The molecule has 57 valence electrons. The molecule has 0 unspecified atom stereocenters. The maximum absolute atomic E-state index is 5.77. The Morgan fingerprint density at radius 3 is 2.27 bits per heavy atom. The van der Waals surface area contributed by atoms with Crippen LogP contribution in [-0.4, -0.2) is 0 Å². The summed E-state index contributed by atoms with van der Waals surface area (Å²) >= 11 is 12.8. The van der Waals surface area contributed by atoms with Crippen LogP contribution in [0.15, 0.2) is 18.2 Å². The second-order valence-corrected chi connectivity index (χ2v) is 3.86. The Labute approximate surface area is 92.4 Å². The van der Waals surface area contributed by atoms with E-state index in [-0.39, 0.29) is 12.4 Å². The second kappa shape index (κ2) is 5.37. The summed E-state index contributed by atoms with van der Waals surface area (Å²) in [4.78, 5) is 0. The summed E-state index contributed by atoms with van der Waals surface area (Å²) in [6.07, 6.45) is 0. The molecule has 0 fully saturated rings. The van der Waals surface area contributed by atoms with Crippen molar-refractivity contribution in [3.8, 4) is 0 Å². The van der Waals surface area contributed by atoms with E-state index in [1.54, 1.807) is 0 Å². The van der Waals surface area contributed by atoms with Crippen LogP contribution in [0.2, 0.25) is 10.0 Å². The fourth-order valence-corrected chi connectivity index (χ4v) is 1.67. The third-order valence-corrected chi connectivity index (χ3v) is 3.22. The van der Waals surface area contributed by atoms with E-state index in [0.29, 0.717) is 10.0 Å². The molecule has 0 aliphatic heterocycles. The van der Waals surface area contributed by atoms with Crippen molar-refractivity contribution in [1.82, 2.24) is 0 Å². The van der Waals surface area contributed by atoms with Crippen molar-refractivity contribution in [2.75, 3.05) is 0 Å². The van der Waals surface area contributed by atoms with Crippen molar-refractivity contribution in [3.63, 3.8) is 0 Å². The minimum absolute atomic E-state index is 0. The minimum atomic E-state index is 0. The molecule has 0 atom stereocenters. The summed E-state index contributed by atoms with van der Waals surface area (Å²) in [6, 6.07) is 5.78. The van der Waals surface area contributed by atoms with Crippen molar-refractivity contribution in [2.45, 2.75) is 5.02 Å². The van der Waals surface area contributed by atoms with Crippen LogP contribution in [0.25, 0.3) is 0 Å². The van der Waals surface area contributed by atoms with Gasteiger partial charge in [0.05, 0.1) is 0 Å². The van der Waals surface area contributed by atoms with E-state index in [1.807, 2.05) is 18.2 Å². The van der Waals surface area contributed by atoms with Crippen LogP contribution in [0.5, 0.6) is 0 Å². The molecule has 0 amide bonds. The molecule has 0 saturated carbocycles. The van der Waals surface area contributed by atoms with Gasteiger partial charge in [0, 0.05) is 0 Å². The second-order valence-electron chi connectivity index (χ2n) is 2.00. The number of halogens is 3. The van der Waals surface area contributed by atoms with Crippen LogP contribution in [0.1, 0.15) is 5.56 Å². The van der Waals surface area contributed by atoms with E-state index in [2.05, 4.69) is 0 Å². The molecule has 0 aliphatic rings. The molecule has 0 aromatic heterocycles. The third kappa shape index (κ3) is 3.29. The zero-order valence-corrected chi connectivity index (χ0v) is 11.1. The molecule has 1 rings (SSSR count). The summed E-state index contributed by atoms with van der Waals surface area (Å²) < 4.78 is 0. The number of benzene rings is 1. The monoisotopic (exact) mass is 259 g/mol. The Kier molecular flexibility index (Phi) is 5.72. The zero-order valence-electron chi connectivity index (χ0n) is 5.81. The predicted molar refractivity (Wildman–Crippen MR) is 47.4 cm³/mol. The summed E-state index contributed by atoms with van der Waals surface area (Å²) in [5.74, 6) is 0. The van der Waals surface area contributed by atoms with Gasteiger partial charge in [-0.15, -0.1) is 12.4 Å². The first-order valence-corrected chi connectivity index (χ1v) is 5.82. The Balaban J connectivity index is 0.000001000. The number of rotatable bonds is 1. The van der Waals surface area contributed by atoms with Gasteiger partial charge in [0.1, 0.15) is 0 Å². The Morgan fingerprint density at radius 2 is 1.82 bits per heavy atom. The van der Waals surface area contributed by atoms with Gasteiger partial charge in [0.25, 0.3) is 0 Å². The Bertz CT molecular complexity index is 237. The summed E-state index contributed by atoms with van der Waals surface area (Å²) in [7, 11) is 0. The van der Waals surface area contributed by atoms with Crippen LogP contribution in [0, 0.1) is 0 Å². The van der Waals surface area contributed by atoms with Crippen molar-refractivity contribution in [2.24, 2.45) is 0 Å². The van der Waals surface area contributed by atoms with Crippen LogP contribution in [0.3, 0.4) is 0 Å². The first-order valence-electron chi connectivity index (χ1n) is 2.97. The fraction of sp³-hybridized carbons (Fsp3) is 0.143. The van der Waals surface area contributed by atoms with Gasteiger partial charge in [-0.05, 0) is 0 Å². The van der Waals surface area contributed by atoms with Gasteiger partial charge in [0.2, 0.25) is 0 Å². The zero-order chi connectivity index (χ0) is 7.56. The molecule has 0 bridgehead atoms. The fourth-order valence-electron chi connectivity index (χ4n) is 0.695. The van der Waals surface area contributed by atoms with Gasteiger partial charge in [-0.3, -0.25) is 0 Å². The average molecular weight is 262 g/mol. The first kappa shape index (κ1) is 11.7. The van der Waals surface area contributed by atoms with Crippen LogP contribution >= 0.6 is 35.6 Å². The van der Waals surface area contributed by atoms with Gasteiger partial charge >= 0.3 is 80.3 Å². The molecular formula is C7H6Cl3Zn. The average Bonchev–Trinajstić information content (AvgIpc) is 1.95. The topological polar surface area (TPSA) is 0 Å². The van der Waals surface area contributed by atoms with Gasteiger partial charge < -0.3 is 0 Å². The molecule has 1 aromatic carbocycles. The Hall–Kier alpha value is 0.713. The molecule has 0 spiro atoms. The van der Waals surface area contributed by atoms with Gasteiger partial charge in [-0.25, -0.2) is 0 Å². The SMILES string of the molecule is Cl.Clc1ccc([CH2][Zn])cc1Cl. The van der Waals surface area contributed by atoms with Crippen LogP contribution in [-0.2, 0) is 23.3 Å². The first-order chi connectivity index (χ1) is 4.74. The molecule has 0 nitrogen and oxygen atoms in total. The van der Waals surface area contributed by atoms with E-state index in [9.17, 15) is 0 Å². The van der Waals surface area contributed by atoms with E-state index in [1.165, 1.54) is 23.9 Å². The van der Waals surface area contributed by atoms with Crippen molar-refractivity contribution in [1.29, 1.82) is 0 Å². The summed E-state index contributed by atoms with van der Waals surface area (Å²) in [6.45, 7) is 0. The summed E-state index contributed by atoms with van der Waals surface area (Å²) in [5, 5.41) is 2.42. The van der Waals surface area contributed by atoms with E-state index >= 15 is 0 Å². The number of hydrogen-bond acceptors (Lipinski definition) is 0. The molecule has 0 heterocycles. The predicted octanol–water partition coefficient (Wildman–Crippen LogP) is 3.46. The molecule has 4 heteroatoms. The van der Waals surface area contributed by atoms with E-state index in [4.69, 9.17) is 23.2 Å². The van der Waals surface area contributed by atoms with Crippen molar-refractivity contribution in [3.05, 3.63) is 33.8 Å². The molecule has 0 radical (unpaired) electrons. The van der Waals surface area contributed by atoms with E-state index in [0.717, 1.165) is 5.02 Å². The standard InChI is InChI=1S/C7H5Cl2.ClH.Zn/c1-5-2-3-6(8)7(9)4-5;;/h2-4H,1H2;1H;. The molecule has 0 N–H and O–H groups in total. The molecule has 11 heavy (non-hydrogen) atoms. The molecule has 0 saturated heterocycles. The van der Waals surface area contributed by atoms with Gasteiger partial charge in [-0.1, -0.05) is 0 Å². The summed E-state index contributed by atoms with van der Waals surface area (Å²) in [5.41, 5.74) is 1.27. The normalized spacial score (nSPS) is 9.09. The van der Waals surface area contributed by atoms with Crippen LogP contribution < -0.4 is 0 Å². The molecule has 1 aromatic rings. The maximum atomic E-state index is 5.77.